The number of nitrogens with zero attached hydrogens (tertiary/aromatic N) is 3. The maximum absolute atomic E-state index is 11.0. The van der Waals surface area contributed by atoms with E-state index in [9.17, 15) is 4.79 Å². The molecule has 1 aromatic heterocycles. The fourth-order valence-electron chi connectivity index (χ4n) is 2.37. The number of ether oxygens (including phenoxy) is 1. The van der Waals surface area contributed by atoms with Crippen molar-refractivity contribution < 1.29 is 14.6 Å². The monoisotopic (exact) mass is 261 g/mol. The predicted octanol–water partition coefficient (Wildman–Crippen LogP) is 1.11. The lowest BCUT2D eigenvalue weighted by atomic mass is 10.2. The molecule has 0 spiro atoms. The van der Waals surface area contributed by atoms with Crippen molar-refractivity contribution in [2.24, 2.45) is 7.05 Å². The summed E-state index contributed by atoms with van der Waals surface area (Å²) in [5.74, 6) is -0.0682. The number of carbonyl (C=O) groups is 1. The number of aryl methyl sites for hydroxylation is 1. The van der Waals surface area contributed by atoms with E-state index >= 15 is 0 Å². The SMILES string of the molecule is Cn1c(N2CCOCC2)nc2cc(C(=O)O)ccc21. The predicted molar refractivity (Wildman–Crippen MR) is 70.7 cm³/mol. The number of hydrogen-bond acceptors (Lipinski definition) is 4. The Kier molecular flexibility index (Phi) is 2.87. The van der Waals surface area contributed by atoms with Crippen LogP contribution in [-0.4, -0.2) is 46.9 Å². The molecule has 1 aliphatic heterocycles. The summed E-state index contributed by atoms with van der Waals surface area (Å²) < 4.78 is 7.32. The van der Waals surface area contributed by atoms with E-state index in [4.69, 9.17) is 9.84 Å². The lowest BCUT2D eigenvalue weighted by molar-refractivity contribution is 0.0697. The van der Waals surface area contributed by atoms with Crippen molar-refractivity contribution in [1.82, 2.24) is 9.55 Å². The third-order valence-electron chi connectivity index (χ3n) is 3.40. The molecular formula is C13H15N3O3. The molecule has 0 unspecified atom stereocenters. The van der Waals surface area contributed by atoms with Crippen molar-refractivity contribution in [2.45, 2.75) is 0 Å². The van der Waals surface area contributed by atoms with Crippen LogP contribution < -0.4 is 4.90 Å². The Labute approximate surface area is 110 Å². The van der Waals surface area contributed by atoms with Gasteiger partial charge in [0.05, 0.1) is 29.8 Å². The number of benzene rings is 1. The van der Waals surface area contributed by atoms with Crippen LogP contribution in [0.2, 0.25) is 0 Å². The van der Waals surface area contributed by atoms with Crippen molar-refractivity contribution in [1.29, 1.82) is 0 Å². The molecule has 100 valence electrons. The summed E-state index contributed by atoms with van der Waals surface area (Å²) in [6.45, 7) is 3.01. The second-order valence-corrected chi connectivity index (χ2v) is 4.58. The van der Waals surface area contributed by atoms with E-state index in [0.717, 1.165) is 24.6 Å². The molecule has 6 heteroatoms. The molecule has 1 saturated heterocycles. The van der Waals surface area contributed by atoms with Gasteiger partial charge in [0.25, 0.3) is 0 Å². The van der Waals surface area contributed by atoms with Crippen molar-refractivity contribution in [3.8, 4) is 0 Å². The zero-order valence-corrected chi connectivity index (χ0v) is 10.7. The minimum absolute atomic E-state index is 0.263. The number of aromatic carboxylic acids is 1. The van der Waals surface area contributed by atoms with E-state index < -0.39 is 5.97 Å². The highest BCUT2D eigenvalue weighted by atomic mass is 16.5. The summed E-state index contributed by atoms with van der Waals surface area (Å²) in [5.41, 5.74) is 1.91. The fraction of sp³-hybridized carbons (Fsp3) is 0.385. The van der Waals surface area contributed by atoms with Crippen LogP contribution in [0.25, 0.3) is 11.0 Å². The molecule has 0 aliphatic carbocycles. The summed E-state index contributed by atoms with van der Waals surface area (Å²) in [4.78, 5) is 17.7. The van der Waals surface area contributed by atoms with E-state index in [0.29, 0.717) is 18.7 Å². The van der Waals surface area contributed by atoms with Crippen LogP contribution in [0.4, 0.5) is 5.95 Å². The maximum atomic E-state index is 11.0. The van der Waals surface area contributed by atoms with Crippen LogP contribution in [0.15, 0.2) is 18.2 Å². The van der Waals surface area contributed by atoms with Gasteiger partial charge in [-0.2, -0.15) is 0 Å². The van der Waals surface area contributed by atoms with Gasteiger partial charge in [0.2, 0.25) is 5.95 Å². The number of aromatic nitrogens is 2. The number of anilines is 1. The van der Waals surface area contributed by atoms with Crippen LogP contribution in [0, 0.1) is 0 Å². The molecule has 0 saturated carbocycles. The van der Waals surface area contributed by atoms with Gasteiger partial charge in [0.1, 0.15) is 0 Å². The smallest absolute Gasteiger partial charge is 0.335 e. The molecule has 1 fully saturated rings. The van der Waals surface area contributed by atoms with Crippen LogP contribution in [-0.2, 0) is 11.8 Å². The highest BCUT2D eigenvalue weighted by molar-refractivity contribution is 5.93. The number of rotatable bonds is 2. The van der Waals surface area contributed by atoms with Crippen molar-refractivity contribution in [3.05, 3.63) is 23.8 Å². The first kappa shape index (κ1) is 12.0. The van der Waals surface area contributed by atoms with Gasteiger partial charge in [0, 0.05) is 20.1 Å². The summed E-state index contributed by atoms with van der Waals surface area (Å²) in [7, 11) is 1.95. The summed E-state index contributed by atoms with van der Waals surface area (Å²) in [6, 6.07) is 5.02. The molecule has 6 nitrogen and oxygen atoms in total. The van der Waals surface area contributed by atoms with E-state index in [-0.39, 0.29) is 5.56 Å². The third-order valence-corrected chi connectivity index (χ3v) is 3.40. The number of hydrogen-bond donors (Lipinski definition) is 1. The molecule has 0 amide bonds. The zero-order chi connectivity index (χ0) is 13.4. The van der Waals surface area contributed by atoms with Crippen LogP contribution in [0.3, 0.4) is 0 Å². The average Bonchev–Trinajstić information content (AvgIpc) is 2.76. The Balaban J connectivity index is 2.06. The van der Waals surface area contributed by atoms with Crippen molar-refractivity contribution >= 4 is 23.0 Å². The van der Waals surface area contributed by atoms with Crippen molar-refractivity contribution in [3.63, 3.8) is 0 Å². The minimum atomic E-state index is -0.930. The van der Waals surface area contributed by atoms with Crippen LogP contribution in [0.5, 0.6) is 0 Å². The van der Waals surface area contributed by atoms with Crippen LogP contribution in [0.1, 0.15) is 10.4 Å². The Hall–Kier alpha value is -2.08. The van der Waals surface area contributed by atoms with E-state index in [2.05, 4.69) is 9.88 Å². The van der Waals surface area contributed by atoms with Gasteiger partial charge in [-0.25, -0.2) is 9.78 Å². The molecule has 0 radical (unpaired) electrons. The van der Waals surface area contributed by atoms with Gasteiger partial charge in [0.15, 0.2) is 0 Å². The van der Waals surface area contributed by atoms with Gasteiger partial charge in [-0.3, -0.25) is 0 Å². The van der Waals surface area contributed by atoms with Crippen LogP contribution >= 0.6 is 0 Å². The highest BCUT2D eigenvalue weighted by Crippen LogP contribution is 2.23. The molecule has 2 aromatic rings. The quantitative estimate of drug-likeness (QED) is 0.877. The van der Waals surface area contributed by atoms with Crippen molar-refractivity contribution in [2.75, 3.05) is 31.2 Å². The Morgan fingerprint density at radius 3 is 2.79 bits per heavy atom. The molecule has 1 aliphatic rings. The first-order valence-corrected chi connectivity index (χ1v) is 6.19. The Morgan fingerprint density at radius 1 is 1.37 bits per heavy atom. The number of imidazole rings is 1. The molecule has 2 heterocycles. The molecule has 0 bridgehead atoms. The Morgan fingerprint density at radius 2 is 2.11 bits per heavy atom. The van der Waals surface area contributed by atoms with Gasteiger partial charge < -0.3 is 19.3 Å². The maximum Gasteiger partial charge on any atom is 0.335 e. The fourth-order valence-corrected chi connectivity index (χ4v) is 2.37. The molecular weight excluding hydrogens is 246 g/mol. The molecule has 0 atom stereocenters. The van der Waals surface area contributed by atoms with Gasteiger partial charge in [-0.1, -0.05) is 0 Å². The summed E-state index contributed by atoms with van der Waals surface area (Å²) in [6.07, 6.45) is 0. The lowest BCUT2D eigenvalue weighted by Crippen LogP contribution is -2.37. The first-order chi connectivity index (χ1) is 9.16. The van der Waals surface area contributed by atoms with Gasteiger partial charge >= 0.3 is 5.97 Å². The normalized spacial score (nSPS) is 15.9. The zero-order valence-electron chi connectivity index (χ0n) is 10.7. The van der Waals surface area contributed by atoms with Gasteiger partial charge in [-0.05, 0) is 18.2 Å². The lowest BCUT2D eigenvalue weighted by Gasteiger charge is -2.27. The topological polar surface area (TPSA) is 67.6 Å². The van der Waals surface area contributed by atoms with E-state index in [1.165, 1.54) is 0 Å². The number of carboxylic acids is 1. The second-order valence-electron chi connectivity index (χ2n) is 4.58. The Bertz CT molecular complexity index is 629. The molecule has 19 heavy (non-hydrogen) atoms. The standard InChI is InChI=1S/C13H15N3O3/c1-15-11-3-2-9(12(17)18)8-10(11)14-13(15)16-4-6-19-7-5-16/h2-3,8H,4-7H2,1H3,(H,17,18). The number of fused-ring (bicyclic) bond motifs is 1. The molecule has 3 rings (SSSR count). The largest absolute Gasteiger partial charge is 0.478 e. The second kappa shape index (κ2) is 4.55. The minimum Gasteiger partial charge on any atom is -0.478 e. The average molecular weight is 261 g/mol. The summed E-state index contributed by atoms with van der Waals surface area (Å²) >= 11 is 0. The molecule has 1 N–H and O–H groups in total. The van der Waals surface area contributed by atoms with Gasteiger partial charge in [-0.15, -0.1) is 0 Å². The first-order valence-electron chi connectivity index (χ1n) is 6.19. The highest BCUT2D eigenvalue weighted by Gasteiger charge is 2.18. The van der Waals surface area contributed by atoms with E-state index in [1.807, 2.05) is 11.6 Å². The third kappa shape index (κ3) is 2.04. The molecule has 1 aromatic carbocycles. The number of morpholine rings is 1. The summed E-state index contributed by atoms with van der Waals surface area (Å²) in [5, 5.41) is 9.01. The number of carboxylic acid groups (broad SMARTS) is 1. The van der Waals surface area contributed by atoms with E-state index in [1.54, 1.807) is 18.2 Å².